The second-order valence-corrected chi connectivity index (χ2v) is 6.07. The van der Waals surface area contributed by atoms with Crippen LogP contribution >= 0.6 is 11.8 Å². The Hall–Kier alpha value is -2.80. The molecule has 3 aromatic heterocycles. The first kappa shape index (κ1) is 14.8. The lowest BCUT2D eigenvalue weighted by Gasteiger charge is -2.03. The number of pyridine rings is 1. The van der Waals surface area contributed by atoms with Crippen molar-refractivity contribution in [3.63, 3.8) is 0 Å². The first-order valence-electron chi connectivity index (χ1n) is 7.30. The van der Waals surface area contributed by atoms with Gasteiger partial charge >= 0.3 is 0 Å². The molecule has 1 aromatic carbocycles. The van der Waals surface area contributed by atoms with Crippen molar-refractivity contribution in [3.8, 4) is 11.3 Å². The maximum Gasteiger partial charge on any atom is 0.212 e. The van der Waals surface area contributed by atoms with Crippen LogP contribution in [0.5, 0.6) is 0 Å². The lowest BCUT2D eigenvalue weighted by Crippen LogP contribution is -1.96. The summed E-state index contributed by atoms with van der Waals surface area (Å²) in [6.07, 6.45) is 3.49. The Balaban J connectivity index is 1.62. The zero-order chi connectivity index (χ0) is 16.4. The van der Waals surface area contributed by atoms with E-state index in [2.05, 4.69) is 20.3 Å². The molecule has 0 bridgehead atoms. The third kappa shape index (κ3) is 2.98. The smallest absolute Gasteiger partial charge is 0.212 e. The van der Waals surface area contributed by atoms with Gasteiger partial charge in [-0.15, -0.1) is 10.2 Å². The van der Waals surface area contributed by atoms with Gasteiger partial charge in [0.15, 0.2) is 5.65 Å². The molecular formula is C17H12FN5S. The average molecular weight is 337 g/mol. The van der Waals surface area contributed by atoms with Crippen LogP contribution in [0.15, 0.2) is 66.1 Å². The van der Waals surface area contributed by atoms with Crippen LogP contribution in [0.25, 0.3) is 16.9 Å². The highest BCUT2D eigenvalue weighted by Crippen LogP contribution is 2.23. The summed E-state index contributed by atoms with van der Waals surface area (Å²) in [7, 11) is 0. The number of benzene rings is 1. The molecule has 0 saturated heterocycles. The second kappa shape index (κ2) is 6.37. The number of hydrogen-bond acceptors (Lipinski definition) is 5. The van der Waals surface area contributed by atoms with Crippen LogP contribution in [0.1, 0.15) is 5.56 Å². The summed E-state index contributed by atoms with van der Waals surface area (Å²) in [4.78, 5) is 4.12. The minimum absolute atomic E-state index is 0.237. The van der Waals surface area contributed by atoms with Gasteiger partial charge in [0.1, 0.15) is 5.82 Å². The molecule has 3 heterocycles. The predicted molar refractivity (Wildman–Crippen MR) is 90.0 cm³/mol. The second-order valence-electron chi connectivity index (χ2n) is 5.13. The van der Waals surface area contributed by atoms with E-state index in [1.165, 1.54) is 23.9 Å². The van der Waals surface area contributed by atoms with Crippen molar-refractivity contribution in [3.05, 3.63) is 72.3 Å². The van der Waals surface area contributed by atoms with Crippen molar-refractivity contribution in [2.24, 2.45) is 0 Å². The Morgan fingerprint density at radius 1 is 1.00 bits per heavy atom. The number of halogens is 1. The average Bonchev–Trinajstić information content (AvgIpc) is 3.04. The van der Waals surface area contributed by atoms with E-state index >= 15 is 0 Å². The number of rotatable bonds is 4. The summed E-state index contributed by atoms with van der Waals surface area (Å²) < 4.78 is 14.7. The molecule has 0 saturated carbocycles. The van der Waals surface area contributed by atoms with Gasteiger partial charge < -0.3 is 0 Å². The molecule has 0 radical (unpaired) electrons. The zero-order valence-corrected chi connectivity index (χ0v) is 13.3. The van der Waals surface area contributed by atoms with E-state index in [9.17, 15) is 4.39 Å². The fourth-order valence-corrected chi connectivity index (χ4v) is 3.10. The standard InChI is InChI=1S/C17H12FN5S/c18-14-5-3-12(4-6-14)11-24-17-21-20-16-8-7-15(22-23(16)17)13-2-1-9-19-10-13/h1-10H,11H2. The third-order valence-corrected chi connectivity index (χ3v) is 4.46. The van der Waals surface area contributed by atoms with Crippen molar-refractivity contribution in [1.29, 1.82) is 0 Å². The van der Waals surface area contributed by atoms with Crippen molar-refractivity contribution in [1.82, 2.24) is 24.8 Å². The van der Waals surface area contributed by atoms with Crippen LogP contribution in [0.3, 0.4) is 0 Å². The van der Waals surface area contributed by atoms with Crippen molar-refractivity contribution >= 4 is 17.4 Å². The zero-order valence-electron chi connectivity index (χ0n) is 12.5. The molecule has 0 atom stereocenters. The third-order valence-electron chi connectivity index (χ3n) is 3.47. The van der Waals surface area contributed by atoms with E-state index in [0.717, 1.165) is 16.8 Å². The van der Waals surface area contributed by atoms with Gasteiger partial charge in [0, 0.05) is 23.7 Å². The highest BCUT2D eigenvalue weighted by atomic mass is 32.2. The summed E-state index contributed by atoms with van der Waals surface area (Å²) in [6.45, 7) is 0. The molecule has 0 aliphatic heterocycles. The van der Waals surface area contributed by atoms with Crippen molar-refractivity contribution < 1.29 is 4.39 Å². The van der Waals surface area contributed by atoms with Crippen LogP contribution in [0.4, 0.5) is 4.39 Å². The van der Waals surface area contributed by atoms with Gasteiger partial charge in [-0.25, -0.2) is 4.39 Å². The molecule has 0 spiro atoms. The van der Waals surface area contributed by atoms with Crippen LogP contribution in [0, 0.1) is 5.82 Å². The lowest BCUT2D eigenvalue weighted by atomic mass is 10.2. The molecule has 0 amide bonds. The Bertz CT molecular complexity index is 969. The van der Waals surface area contributed by atoms with E-state index in [1.54, 1.807) is 29.0 Å². The largest absolute Gasteiger partial charge is 0.264 e. The van der Waals surface area contributed by atoms with Crippen molar-refractivity contribution in [2.45, 2.75) is 10.9 Å². The van der Waals surface area contributed by atoms with Gasteiger partial charge in [-0.2, -0.15) is 9.61 Å². The molecule has 0 unspecified atom stereocenters. The Morgan fingerprint density at radius 3 is 2.67 bits per heavy atom. The molecule has 0 aliphatic rings. The quantitative estimate of drug-likeness (QED) is 0.532. The molecule has 0 N–H and O–H groups in total. The first-order chi connectivity index (χ1) is 11.8. The van der Waals surface area contributed by atoms with E-state index in [4.69, 9.17) is 0 Å². The summed E-state index contributed by atoms with van der Waals surface area (Å²) in [5.74, 6) is 0.430. The number of fused-ring (bicyclic) bond motifs is 1. The molecule has 24 heavy (non-hydrogen) atoms. The Kier molecular flexibility index (Phi) is 3.92. The summed E-state index contributed by atoms with van der Waals surface area (Å²) in [5, 5.41) is 13.6. The van der Waals surface area contributed by atoms with Gasteiger partial charge in [0.25, 0.3) is 0 Å². The molecular weight excluding hydrogens is 325 g/mol. The highest BCUT2D eigenvalue weighted by molar-refractivity contribution is 7.98. The van der Waals surface area contributed by atoms with Crippen molar-refractivity contribution in [2.75, 3.05) is 0 Å². The SMILES string of the molecule is Fc1ccc(CSc2nnc3ccc(-c4cccnc4)nn23)cc1. The maximum absolute atomic E-state index is 13.0. The summed E-state index contributed by atoms with van der Waals surface area (Å²) >= 11 is 1.51. The molecule has 4 aromatic rings. The Labute approximate surface area is 141 Å². The van der Waals surface area contributed by atoms with E-state index in [1.807, 2.05) is 24.3 Å². The van der Waals surface area contributed by atoms with Gasteiger partial charge in [-0.05, 0) is 42.0 Å². The summed E-state index contributed by atoms with van der Waals surface area (Å²) in [6, 6.07) is 14.0. The summed E-state index contributed by atoms with van der Waals surface area (Å²) in [5.41, 5.74) is 3.44. The van der Waals surface area contributed by atoms with Crippen LogP contribution in [0.2, 0.25) is 0 Å². The predicted octanol–water partition coefficient (Wildman–Crippen LogP) is 3.62. The first-order valence-corrected chi connectivity index (χ1v) is 8.28. The fraction of sp³-hybridized carbons (Fsp3) is 0.0588. The fourth-order valence-electron chi connectivity index (χ4n) is 2.26. The Morgan fingerprint density at radius 2 is 1.88 bits per heavy atom. The monoisotopic (exact) mass is 337 g/mol. The minimum atomic E-state index is -0.237. The van der Waals surface area contributed by atoms with Gasteiger partial charge in [0.2, 0.25) is 5.16 Å². The van der Waals surface area contributed by atoms with E-state index < -0.39 is 0 Å². The van der Waals surface area contributed by atoms with Crippen LogP contribution < -0.4 is 0 Å². The number of thioether (sulfide) groups is 1. The van der Waals surface area contributed by atoms with Gasteiger partial charge in [-0.3, -0.25) is 4.98 Å². The van der Waals surface area contributed by atoms with E-state index in [-0.39, 0.29) is 5.82 Å². The molecule has 0 fully saturated rings. The lowest BCUT2D eigenvalue weighted by molar-refractivity contribution is 0.627. The van der Waals surface area contributed by atoms with Crippen LogP contribution in [-0.4, -0.2) is 24.8 Å². The number of hydrogen-bond donors (Lipinski definition) is 0. The minimum Gasteiger partial charge on any atom is -0.264 e. The molecule has 5 nitrogen and oxygen atoms in total. The molecule has 0 aliphatic carbocycles. The molecule has 7 heteroatoms. The van der Waals surface area contributed by atoms with Gasteiger partial charge in [-0.1, -0.05) is 23.9 Å². The van der Waals surface area contributed by atoms with Crippen LogP contribution in [-0.2, 0) is 5.75 Å². The topological polar surface area (TPSA) is 56.0 Å². The highest BCUT2D eigenvalue weighted by Gasteiger charge is 2.09. The number of nitrogens with zero attached hydrogens (tertiary/aromatic N) is 5. The van der Waals surface area contributed by atoms with Gasteiger partial charge in [0.05, 0.1) is 5.69 Å². The maximum atomic E-state index is 13.0. The normalized spacial score (nSPS) is 11.0. The van der Waals surface area contributed by atoms with E-state index in [0.29, 0.717) is 16.6 Å². The molecule has 118 valence electrons. The molecule has 4 rings (SSSR count). The number of aromatic nitrogens is 5.